The molecule has 0 aliphatic carbocycles. The summed E-state index contributed by atoms with van der Waals surface area (Å²) in [5, 5.41) is 2.70. The van der Waals surface area contributed by atoms with Crippen LogP contribution in [0.25, 0.3) is 0 Å². The molecular weight excluding hydrogens is 439 g/mol. The van der Waals surface area contributed by atoms with Gasteiger partial charge in [0, 0.05) is 25.3 Å². The first-order chi connectivity index (χ1) is 12.9. The van der Waals surface area contributed by atoms with Gasteiger partial charge in [0.1, 0.15) is 12.0 Å². The second kappa shape index (κ2) is 11.0. The molecule has 29 heavy (non-hydrogen) atoms. The number of nitrogens with two attached hydrogens (primary N) is 1. The lowest BCUT2D eigenvalue weighted by Gasteiger charge is -2.20. The van der Waals surface area contributed by atoms with Crippen LogP contribution >= 0.6 is 24.8 Å². The number of hydrogen-bond donors (Lipinski definition) is 2. The van der Waals surface area contributed by atoms with Crippen LogP contribution in [0.5, 0.6) is 0 Å². The molecule has 0 bridgehead atoms. The molecule has 1 amide bonds. The zero-order valence-electron chi connectivity index (χ0n) is 16.0. The second-order valence-corrected chi connectivity index (χ2v) is 8.49. The van der Waals surface area contributed by atoms with E-state index in [0.717, 1.165) is 13.0 Å². The molecule has 8 nitrogen and oxygen atoms in total. The first-order valence-corrected chi connectivity index (χ1v) is 10.2. The molecule has 2 aromatic rings. The van der Waals surface area contributed by atoms with Crippen molar-refractivity contribution in [2.75, 3.05) is 38.5 Å². The monoisotopic (exact) mass is 464 g/mol. The van der Waals surface area contributed by atoms with E-state index in [0.29, 0.717) is 36.6 Å². The van der Waals surface area contributed by atoms with Crippen LogP contribution in [-0.2, 0) is 16.6 Å². The average molecular weight is 465 g/mol. The number of carbonyl (C=O) groups excluding carboxylic acids is 1. The van der Waals surface area contributed by atoms with Crippen molar-refractivity contribution in [1.29, 1.82) is 0 Å². The van der Waals surface area contributed by atoms with Gasteiger partial charge in [-0.3, -0.25) is 4.79 Å². The molecule has 3 N–H and O–H groups in total. The highest BCUT2D eigenvalue weighted by atomic mass is 35.5. The lowest BCUT2D eigenvalue weighted by atomic mass is 10.2. The van der Waals surface area contributed by atoms with Crippen molar-refractivity contribution in [3.05, 3.63) is 47.9 Å². The lowest BCUT2D eigenvalue weighted by Crippen LogP contribution is -2.34. The first-order valence-electron chi connectivity index (χ1n) is 8.78. The molecule has 11 heteroatoms. The molecule has 3 rings (SSSR count). The zero-order chi connectivity index (χ0) is 19.4. The molecule has 2 heterocycles. The second-order valence-electron chi connectivity index (χ2n) is 6.55. The number of benzene rings is 1. The third-order valence-electron chi connectivity index (χ3n) is 4.53. The van der Waals surface area contributed by atoms with Gasteiger partial charge in [0.05, 0.1) is 17.0 Å². The van der Waals surface area contributed by atoms with Gasteiger partial charge in [-0.15, -0.1) is 24.8 Å². The number of hydrogen-bond acceptors (Lipinski definition) is 6. The molecule has 0 atom stereocenters. The molecule has 1 aliphatic rings. The summed E-state index contributed by atoms with van der Waals surface area (Å²) < 4.78 is 32.6. The first kappa shape index (κ1) is 25.4. The molecular formula is C18H26Cl2N4O4S. The summed E-state index contributed by atoms with van der Waals surface area (Å²) in [5.41, 5.74) is 6.21. The van der Waals surface area contributed by atoms with Crippen LogP contribution in [0.3, 0.4) is 0 Å². The molecule has 0 unspecified atom stereocenters. The Morgan fingerprint density at radius 2 is 1.93 bits per heavy atom. The van der Waals surface area contributed by atoms with E-state index in [1.165, 1.54) is 16.6 Å². The number of halogens is 2. The summed E-state index contributed by atoms with van der Waals surface area (Å²) in [5.74, 6) is 0.118. The Morgan fingerprint density at radius 3 is 2.62 bits per heavy atom. The van der Waals surface area contributed by atoms with E-state index in [9.17, 15) is 13.2 Å². The predicted molar refractivity (Wildman–Crippen MR) is 116 cm³/mol. The fraction of sp³-hybridized carbons (Fsp3) is 0.389. The molecule has 162 valence electrons. The minimum absolute atomic E-state index is 0. The summed E-state index contributed by atoms with van der Waals surface area (Å²) >= 11 is 0. The van der Waals surface area contributed by atoms with Crippen molar-refractivity contribution < 1.29 is 17.6 Å². The van der Waals surface area contributed by atoms with Crippen molar-refractivity contribution in [2.45, 2.75) is 17.9 Å². The Kier molecular flexibility index (Phi) is 9.60. The van der Waals surface area contributed by atoms with E-state index in [-0.39, 0.29) is 42.2 Å². The number of furan rings is 1. The minimum atomic E-state index is -3.61. The fourth-order valence-corrected chi connectivity index (χ4v) is 4.47. The van der Waals surface area contributed by atoms with Crippen molar-refractivity contribution in [3.8, 4) is 0 Å². The maximum atomic E-state index is 13.0. The van der Waals surface area contributed by atoms with E-state index >= 15 is 0 Å². The van der Waals surface area contributed by atoms with Crippen LogP contribution in [0.1, 0.15) is 22.5 Å². The molecule has 1 fully saturated rings. The van der Waals surface area contributed by atoms with Crippen molar-refractivity contribution >= 4 is 46.4 Å². The van der Waals surface area contributed by atoms with Crippen LogP contribution in [0.2, 0.25) is 0 Å². The largest absolute Gasteiger partial charge is 0.467 e. The van der Waals surface area contributed by atoms with Gasteiger partial charge in [0.25, 0.3) is 5.91 Å². The van der Waals surface area contributed by atoms with Crippen molar-refractivity contribution in [2.24, 2.45) is 5.73 Å². The fourth-order valence-electron chi connectivity index (χ4n) is 2.96. The van der Waals surface area contributed by atoms with Crippen LogP contribution in [0.4, 0.5) is 5.69 Å². The van der Waals surface area contributed by atoms with Crippen LogP contribution in [0, 0.1) is 0 Å². The highest BCUT2D eigenvalue weighted by Gasteiger charge is 2.26. The Morgan fingerprint density at radius 1 is 1.17 bits per heavy atom. The maximum Gasteiger partial charge on any atom is 0.258 e. The molecule has 1 aliphatic heterocycles. The topological polar surface area (TPSA) is 109 Å². The van der Waals surface area contributed by atoms with Gasteiger partial charge < -0.3 is 20.4 Å². The summed E-state index contributed by atoms with van der Waals surface area (Å²) in [6.45, 7) is 2.70. The van der Waals surface area contributed by atoms with E-state index in [2.05, 4.69) is 10.2 Å². The Balaban J connectivity index is 0.00000210. The third-order valence-corrected chi connectivity index (χ3v) is 6.42. The molecule has 1 aromatic heterocycles. The predicted octanol–water partition coefficient (Wildman–Crippen LogP) is 2.16. The van der Waals surface area contributed by atoms with Gasteiger partial charge >= 0.3 is 0 Å². The quantitative estimate of drug-likeness (QED) is 0.701. The van der Waals surface area contributed by atoms with Crippen molar-refractivity contribution in [1.82, 2.24) is 9.21 Å². The normalized spacial score (nSPS) is 15.7. The van der Waals surface area contributed by atoms with Crippen LogP contribution < -0.4 is 11.1 Å². The smallest absolute Gasteiger partial charge is 0.258 e. The standard InChI is InChI=1S/C18H24N4O4S.2ClH/c1-21-6-3-7-22(9-8-21)27(24,25)17-5-2-4-15(11-17)20-18(23)14-10-16(12-19)26-13-14;;/h2,4-5,10-11,13H,3,6-9,12,19H2,1H3,(H,20,23);2*1H. The summed E-state index contributed by atoms with van der Waals surface area (Å²) in [4.78, 5) is 14.6. The number of anilines is 1. The SMILES string of the molecule is CN1CCCN(S(=O)(=O)c2cccc(NC(=O)c3coc(CN)c3)c2)CC1.Cl.Cl. The molecule has 1 saturated heterocycles. The summed E-state index contributed by atoms with van der Waals surface area (Å²) in [7, 11) is -1.63. The minimum Gasteiger partial charge on any atom is -0.467 e. The zero-order valence-corrected chi connectivity index (χ0v) is 18.5. The van der Waals surface area contributed by atoms with E-state index in [4.69, 9.17) is 10.2 Å². The maximum absolute atomic E-state index is 13.0. The number of rotatable bonds is 5. The average Bonchev–Trinajstić information content (AvgIpc) is 3.03. The van der Waals surface area contributed by atoms with Gasteiger partial charge in [-0.25, -0.2) is 8.42 Å². The number of nitrogens with one attached hydrogen (secondary N) is 1. The summed E-state index contributed by atoms with van der Waals surface area (Å²) in [6.07, 6.45) is 2.11. The number of sulfonamides is 1. The number of nitrogens with zero attached hydrogens (tertiary/aromatic N) is 2. The van der Waals surface area contributed by atoms with Crippen molar-refractivity contribution in [3.63, 3.8) is 0 Å². The number of likely N-dealkylation sites (N-methyl/N-ethyl adjacent to an activating group) is 1. The highest BCUT2D eigenvalue weighted by molar-refractivity contribution is 7.89. The van der Waals surface area contributed by atoms with Gasteiger partial charge in [-0.05, 0) is 44.3 Å². The Hall–Kier alpha value is -1.62. The van der Waals surface area contributed by atoms with Crippen LogP contribution in [-0.4, -0.2) is 56.8 Å². The van der Waals surface area contributed by atoms with E-state index < -0.39 is 10.0 Å². The van der Waals surface area contributed by atoms with Gasteiger partial charge in [0.2, 0.25) is 10.0 Å². The van der Waals surface area contributed by atoms with Crippen LogP contribution in [0.15, 0.2) is 45.9 Å². The molecule has 1 aromatic carbocycles. The number of carbonyl (C=O) groups is 1. The lowest BCUT2D eigenvalue weighted by molar-refractivity contribution is 0.102. The van der Waals surface area contributed by atoms with E-state index in [1.807, 2.05) is 7.05 Å². The Bertz CT molecular complexity index is 920. The molecule has 0 spiro atoms. The molecule has 0 saturated carbocycles. The van der Waals surface area contributed by atoms with Gasteiger partial charge in [-0.2, -0.15) is 4.31 Å². The van der Waals surface area contributed by atoms with E-state index in [1.54, 1.807) is 24.3 Å². The van der Waals surface area contributed by atoms with Gasteiger partial charge in [-0.1, -0.05) is 6.07 Å². The Labute approximate surface area is 183 Å². The highest BCUT2D eigenvalue weighted by Crippen LogP contribution is 2.21. The third kappa shape index (κ3) is 6.18. The number of amides is 1. The van der Waals surface area contributed by atoms with Gasteiger partial charge in [0.15, 0.2) is 0 Å². The molecule has 0 radical (unpaired) electrons. The summed E-state index contributed by atoms with van der Waals surface area (Å²) in [6, 6.07) is 7.85.